The summed E-state index contributed by atoms with van der Waals surface area (Å²) in [6, 6.07) is 1.71. The minimum atomic E-state index is 0.113. The first-order valence-corrected chi connectivity index (χ1v) is 2.39. The molecule has 1 N–H and O–H groups in total. The van der Waals surface area contributed by atoms with Crippen LogP contribution in [0.4, 0.5) is 0 Å². The van der Waals surface area contributed by atoms with Crippen molar-refractivity contribution in [2.45, 2.75) is 0 Å². The molecule has 0 atom stereocenters. The van der Waals surface area contributed by atoms with E-state index in [2.05, 4.69) is 22.6 Å². The Morgan fingerprint density at radius 2 is 2.29 bits per heavy atom. The van der Waals surface area contributed by atoms with Crippen LogP contribution < -0.4 is 0 Å². The Kier molecular flexibility index (Phi) is 2.36. The topological polar surface area (TPSA) is 47.6 Å². The van der Waals surface area contributed by atoms with Crippen molar-refractivity contribution in [2.75, 3.05) is 0 Å². The molecule has 0 spiro atoms. The Morgan fingerprint density at radius 3 is 2.29 bits per heavy atom. The van der Waals surface area contributed by atoms with Crippen LogP contribution in [0.25, 0.3) is 0 Å². The molecule has 0 fully saturated rings. The molecule has 0 saturated carbocycles. The van der Waals surface area contributed by atoms with Crippen LogP contribution in [-0.2, 0) is 0 Å². The maximum absolute atomic E-state index is 7.99. The molecule has 0 aromatic heterocycles. The van der Waals surface area contributed by atoms with Crippen LogP contribution in [0.5, 0.6) is 0 Å². The van der Waals surface area contributed by atoms with Gasteiger partial charge in [-0.2, -0.15) is 0 Å². The van der Waals surface area contributed by atoms with E-state index in [0.717, 1.165) is 0 Å². The number of hydrogen-bond donors (Lipinski definition) is 1. The molecule has 0 bridgehead atoms. The average Bonchev–Trinajstić information content (AvgIpc) is 1.65. The number of allylic oxidation sites excluding steroid dienone is 1. The molecule has 0 aliphatic heterocycles. The second-order valence-corrected chi connectivity index (χ2v) is 1.78. The molecule has 0 aromatic rings. The summed E-state index contributed by atoms with van der Waals surface area (Å²) in [4.78, 5) is 0. The van der Waals surface area contributed by atoms with Gasteiger partial charge in [-0.1, -0.05) is 0 Å². The number of hydrogen-bond acceptors (Lipinski definition) is 2. The van der Waals surface area contributed by atoms with E-state index in [1.165, 1.54) is 0 Å². The molecule has 35 valence electrons. The Labute approximate surface area is 50.2 Å². The number of nitriles is 1. The second kappa shape index (κ2) is 2.57. The molecule has 0 amide bonds. The van der Waals surface area contributed by atoms with Gasteiger partial charge in [-0.3, -0.25) is 0 Å². The van der Waals surface area contributed by atoms with Gasteiger partial charge < -0.3 is 0 Å². The zero-order chi connectivity index (χ0) is 5.86. The fourth-order valence-electron chi connectivity index (χ4n) is 0.0508. The van der Waals surface area contributed by atoms with E-state index in [1.54, 1.807) is 6.07 Å². The summed E-state index contributed by atoms with van der Waals surface area (Å²) in [5, 5.41) is 14.7. The third-order valence-corrected chi connectivity index (χ3v) is 0.926. The van der Waals surface area contributed by atoms with E-state index in [-0.39, 0.29) is 10.2 Å². The summed E-state index contributed by atoms with van der Waals surface area (Å²) < 4.78 is 0.113. The van der Waals surface area contributed by atoms with Crippen LogP contribution in [0.2, 0.25) is 0 Å². The Morgan fingerprint density at radius 1 is 1.86 bits per heavy atom. The fraction of sp³-hybridized carbons (Fsp3) is 0. The zero-order valence-corrected chi connectivity index (χ0v) is 5.28. The van der Waals surface area contributed by atoms with E-state index < -0.39 is 0 Å². The van der Waals surface area contributed by atoms with Gasteiger partial charge in [-0.15, -0.1) is 0 Å². The summed E-state index contributed by atoms with van der Waals surface area (Å²) in [6.07, 6.45) is 0. The first-order valence-electron chi connectivity index (χ1n) is 1.53. The molecule has 0 aromatic carbocycles. The third kappa shape index (κ3) is 2.16. The molecule has 0 heterocycles. The van der Waals surface area contributed by atoms with Gasteiger partial charge >= 0.3 is 49.5 Å². The standard InChI is InChI=1S/C4H3N2Se/c1-3(2-5)4(6)7/h6H,1H2. The molecule has 3 heteroatoms. The fourth-order valence-corrected chi connectivity index (χ4v) is 0.147. The van der Waals surface area contributed by atoms with Gasteiger partial charge in [-0.05, 0) is 0 Å². The van der Waals surface area contributed by atoms with Gasteiger partial charge in [0.2, 0.25) is 0 Å². The van der Waals surface area contributed by atoms with Gasteiger partial charge in [0, 0.05) is 0 Å². The number of rotatable bonds is 1. The van der Waals surface area contributed by atoms with Crippen LogP contribution in [0.15, 0.2) is 12.2 Å². The minimum absolute atomic E-state index is 0.113. The number of nitrogens with zero attached hydrogens (tertiary/aromatic N) is 1. The third-order valence-electron chi connectivity index (χ3n) is 0.409. The molecule has 1 radical (unpaired) electrons. The molecular formula is C4H3N2Se. The van der Waals surface area contributed by atoms with Crippen molar-refractivity contribution < 1.29 is 0 Å². The first kappa shape index (κ1) is 6.42. The molecular weight excluding hydrogens is 155 g/mol. The van der Waals surface area contributed by atoms with Gasteiger partial charge in [0.05, 0.1) is 0 Å². The Hall–Kier alpha value is -0.581. The molecule has 0 aliphatic rings. The molecule has 0 aliphatic carbocycles. The Balaban J connectivity index is 3.90. The van der Waals surface area contributed by atoms with Crippen molar-refractivity contribution in [1.29, 1.82) is 10.7 Å². The van der Waals surface area contributed by atoms with Crippen LogP contribution >= 0.6 is 0 Å². The van der Waals surface area contributed by atoms with Gasteiger partial charge in [0.1, 0.15) is 0 Å². The SMILES string of the molecule is C=C(C#N)C(=N)[Se]. The van der Waals surface area contributed by atoms with Gasteiger partial charge in [0.25, 0.3) is 0 Å². The van der Waals surface area contributed by atoms with Crippen molar-refractivity contribution in [3.05, 3.63) is 12.2 Å². The molecule has 0 saturated heterocycles. The molecule has 0 rings (SSSR count). The van der Waals surface area contributed by atoms with E-state index >= 15 is 0 Å². The van der Waals surface area contributed by atoms with Crippen LogP contribution in [0.1, 0.15) is 0 Å². The van der Waals surface area contributed by atoms with Crippen molar-refractivity contribution in [2.24, 2.45) is 0 Å². The predicted molar refractivity (Wildman–Crippen MR) is 28.2 cm³/mol. The normalized spacial score (nSPS) is 6.71. The van der Waals surface area contributed by atoms with Gasteiger partial charge in [0.15, 0.2) is 0 Å². The van der Waals surface area contributed by atoms with Crippen LogP contribution in [0.3, 0.4) is 0 Å². The van der Waals surface area contributed by atoms with E-state index in [1.807, 2.05) is 0 Å². The predicted octanol–water partition coefficient (Wildman–Crippen LogP) is 0.212. The van der Waals surface area contributed by atoms with Gasteiger partial charge in [-0.25, -0.2) is 0 Å². The monoisotopic (exact) mass is 159 g/mol. The van der Waals surface area contributed by atoms with Crippen molar-refractivity contribution >= 4 is 20.6 Å². The summed E-state index contributed by atoms with van der Waals surface area (Å²) in [7, 11) is 0. The molecule has 7 heavy (non-hydrogen) atoms. The van der Waals surface area contributed by atoms with Crippen molar-refractivity contribution in [1.82, 2.24) is 0 Å². The summed E-state index contributed by atoms with van der Waals surface area (Å²) >= 11 is 2.35. The number of nitrogens with one attached hydrogen (secondary N) is 1. The maximum atomic E-state index is 7.99. The van der Waals surface area contributed by atoms with Crippen molar-refractivity contribution in [3.8, 4) is 6.07 Å². The molecule has 2 nitrogen and oxygen atoms in total. The van der Waals surface area contributed by atoms with Crippen LogP contribution in [-0.4, -0.2) is 20.6 Å². The molecule has 0 unspecified atom stereocenters. The zero-order valence-electron chi connectivity index (χ0n) is 3.56. The van der Waals surface area contributed by atoms with E-state index in [4.69, 9.17) is 10.7 Å². The van der Waals surface area contributed by atoms with E-state index in [0.29, 0.717) is 0 Å². The summed E-state index contributed by atoms with van der Waals surface area (Å²) in [6.45, 7) is 3.26. The summed E-state index contributed by atoms with van der Waals surface area (Å²) in [5.74, 6) is 0. The quantitative estimate of drug-likeness (QED) is 0.331. The Bertz CT molecular complexity index is 142. The average molecular weight is 158 g/mol. The first-order chi connectivity index (χ1) is 3.18. The van der Waals surface area contributed by atoms with E-state index in [9.17, 15) is 0 Å². The van der Waals surface area contributed by atoms with Crippen molar-refractivity contribution in [3.63, 3.8) is 0 Å². The van der Waals surface area contributed by atoms with Crippen LogP contribution in [0, 0.1) is 16.7 Å². The second-order valence-electron chi connectivity index (χ2n) is 0.919. The summed E-state index contributed by atoms with van der Waals surface area (Å²) in [5.41, 5.74) is 0.181.